The van der Waals surface area contributed by atoms with Crippen molar-refractivity contribution in [2.75, 3.05) is 40.3 Å². The number of amides is 1. The van der Waals surface area contributed by atoms with Crippen LogP contribution in [0, 0.1) is 5.92 Å². The van der Waals surface area contributed by atoms with E-state index in [1.54, 1.807) is 17.0 Å². The van der Waals surface area contributed by atoms with Gasteiger partial charge in [0.15, 0.2) is 0 Å². The van der Waals surface area contributed by atoms with E-state index in [2.05, 4.69) is 10.2 Å². The molecule has 10 heteroatoms. The number of carboxylic acids is 1. The summed E-state index contributed by atoms with van der Waals surface area (Å²) in [6, 6.07) is 3.85. The molecule has 3 N–H and O–H groups in total. The molecule has 0 radical (unpaired) electrons. The molecule has 31 heavy (non-hydrogen) atoms. The monoisotopic (exact) mass is 431 g/mol. The zero-order valence-electron chi connectivity index (χ0n) is 18.0. The van der Waals surface area contributed by atoms with Gasteiger partial charge in [0.2, 0.25) is 5.91 Å². The minimum atomic E-state index is -1.16. The summed E-state index contributed by atoms with van der Waals surface area (Å²) in [6.45, 7) is 2.72. The largest absolute Gasteiger partial charge is 0.535 e. The molecule has 0 aromatic heterocycles. The Labute approximate surface area is 182 Å². The first-order chi connectivity index (χ1) is 14.8. The van der Waals surface area contributed by atoms with Gasteiger partial charge in [-0.3, -0.25) is 4.79 Å². The highest BCUT2D eigenvalue weighted by Crippen LogP contribution is 2.37. The summed E-state index contributed by atoms with van der Waals surface area (Å²) in [5, 5.41) is 22.9. The van der Waals surface area contributed by atoms with Gasteiger partial charge in [0, 0.05) is 19.0 Å². The third-order valence-electron chi connectivity index (χ3n) is 6.19. The van der Waals surface area contributed by atoms with Crippen molar-refractivity contribution in [3.63, 3.8) is 0 Å². The normalized spacial score (nSPS) is 23.4. The van der Waals surface area contributed by atoms with E-state index in [-0.39, 0.29) is 29.1 Å². The Hall–Kier alpha value is -2.30. The van der Waals surface area contributed by atoms with E-state index in [1.807, 2.05) is 14.1 Å². The van der Waals surface area contributed by atoms with Crippen LogP contribution < -0.4 is 14.7 Å². The number of ether oxygens (including phenoxy) is 1. The molecule has 0 bridgehead atoms. The van der Waals surface area contributed by atoms with Crippen LogP contribution in [-0.4, -0.2) is 91.3 Å². The number of carbonyl (C=O) groups is 2. The summed E-state index contributed by atoms with van der Waals surface area (Å²) in [5.74, 6) is -0.303. The van der Waals surface area contributed by atoms with Gasteiger partial charge in [0.1, 0.15) is 23.2 Å². The second-order valence-corrected chi connectivity index (χ2v) is 9.06. The lowest BCUT2D eigenvalue weighted by Gasteiger charge is -2.39. The third-order valence-corrected chi connectivity index (χ3v) is 6.19. The van der Waals surface area contributed by atoms with E-state index >= 15 is 0 Å². The molecule has 9 nitrogen and oxygen atoms in total. The Balaban J connectivity index is 1.31. The maximum absolute atomic E-state index is 12.6. The van der Waals surface area contributed by atoms with Gasteiger partial charge < -0.3 is 34.6 Å². The average molecular weight is 431 g/mol. The first-order valence-electron chi connectivity index (χ1n) is 10.9. The summed E-state index contributed by atoms with van der Waals surface area (Å²) >= 11 is 0. The van der Waals surface area contributed by atoms with Crippen molar-refractivity contribution >= 4 is 19.0 Å². The molecule has 2 saturated heterocycles. The average Bonchev–Trinajstić information content (AvgIpc) is 3.09. The Kier molecular flexibility index (Phi) is 6.40. The number of nitrogens with one attached hydrogen (secondary N) is 1. The van der Waals surface area contributed by atoms with E-state index in [9.17, 15) is 19.7 Å². The highest BCUT2D eigenvalue weighted by molar-refractivity contribution is 6.44. The third kappa shape index (κ3) is 4.97. The molecule has 0 spiro atoms. The number of likely N-dealkylation sites (N-methyl/N-ethyl adjacent to an activating group) is 1. The van der Waals surface area contributed by atoms with Crippen LogP contribution in [0.25, 0.3) is 0 Å². The van der Waals surface area contributed by atoms with E-state index in [4.69, 9.17) is 9.39 Å². The zero-order valence-corrected chi connectivity index (χ0v) is 18.0. The quantitative estimate of drug-likeness (QED) is 0.530. The second kappa shape index (κ2) is 9.06. The van der Waals surface area contributed by atoms with Gasteiger partial charge in [-0.2, -0.15) is 0 Å². The first-order valence-corrected chi connectivity index (χ1v) is 10.9. The summed E-state index contributed by atoms with van der Waals surface area (Å²) in [7, 11) is 3.08. The fourth-order valence-electron chi connectivity index (χ4n) is 4.62. The molecule has 2 atom stereocenters. The van der Waals surface area contributed by atoms with Crippen LogP contribution in [0.1, 0.15) is 28.8 Å². The van der Waals surface area contributed by atoms with Gasteiger partial charge in [-0.15, -0.1) is 0 Å². The van der Waals surface area contributed by atoms with Crippen molar-refractivity contribution < 1.29 is 29.1 Å². The van der Waals surface area contributed by atoms with E-state index in [0.717, 1.165) is 25.1 Å². The maximum atomic E-state index is 12.6. The predicted octanol–water partition coefficient (Wildman–Crippen LogP) is 0.320. The highest BCUT2D eigenvalue weighted by Gasteiger charge is 2.37. The molecule has 1 aromatic carbocycles. The van der Waals surface area contributed by atoms with Gasteiger partial charge in [0.25, 0.3) is 0 Å². The summed E-state index contributed by atoms with van der Waals surface area (Å²) < 4.78 is 11.3. The number of benzene rings is 1. The smallest absolute Gasteiger partial charge is 0.522 e. The number of likely N-dealkylation sites (tertiary alicyclic amines) is 1. The van der Waals surface area contributed by atoms with Crippen LogP contribution >= 0.6 is 0 Å². The van der Waals surface area contributed by atoms with Crippen molar-refractivity contribution in [3.8, 4) is 11.5 Å². The Morgan fingerprint density at radius 1 is 1.35 bits per heavy atom. The summed E-state index contributed by atoms with van der Waals surface area (Å²) in [4.78, 5) is 28.4. The lowest BCUT2D eigenvalue weighted by molar-refractivity contribution is -0.140. The molecule has 0 aliphatic carbocycles. The molecule has 1 aromatic rings. The Bertz CT molecular complexity index is 845. The number of carbonyl (C=O) groups excluding carboxylic acids is 1. The lowest BCUT2D eigenvalue weighted by atomic mass is 9.78. The number of fused-ring (bicyclic) bond motifs is 1. The van der Waals surface area contributed by atoms with Crippen molar-refractivity contribution in [1.29, 1.82) is 0 Å². The Morgan fingerprint density at radius 2 is 2.13 bits per heavy atom. The van der Waals surface area contributed by atoms with Crippen molar-refractivity contribution in [3.05, 3.63) is 23.3 Å². The molecule has 4 rings (SSSR count). The Morgan fingerprint density at radius 3 is 2.84 bits per heavy atom. The number of hydrogen-bond donors (Lipinski definition) is 3. The van der Waals surface area contributed by atoms with Crippen LogP contribution in [0.2, 0.25) is 6.32 Å². The standard InChI is InChI=1S/C21H30BN3O6/c1-24(2)10-15-7-13(9-23-15)8-18(26)25-11-16(12-25)30-17-4-3-14-5-6-22(29)31-20(14)19(17)21(27)28/h3-4,13,15-16,23,29H,5-12H2,1-2H3,(H,27,28)/t13-,15?/m0/s1. The molecule has 3 aliphatic heterocycles. The van der Waals surface area contributed by atoms with Gasteiger partial charge in [-0.05, 0) is 57.3 Å². The number of aryl methyl sites for hydroxylation is 1. The minimum absolute atomic E-state index is 0.0648. The number of aromatic carboxylic acids is 1. The van der Waals surface area contributed by atoms with Crippen molar-refractivity contribution in [1.82, 2.24) is 15.1 Å². The molecule has 3 heterocycles. The minimum Gasteiger partial charge on any atom is -0.535 e. The molecule has 1 amide bonds. The highest BCUT2D eigenvalue weighted by atomic mass is 16.5. The molecule has 0 saturated carbocycles. The summed E-state index contributed by atoms with van der Waals surface area (Å²) in [5.41, 5.74) is 0.684. The topological polar surface area (TPSA) is 112 Å². The van der Waals surface area contributed by atoms with Gasteiger partial charge >= 0.3 is 13.1 Å². The summed E-state index contributed by atoms with van der Waals surface area (Å²) in [6.07, 6.45) is 2.25. The maximum Gasteiger partial charge on any atom is 0.522 e. The van der Waals surface area contributed by atoms with Crippen LogP contribution in [-0.2, 0) is 11.2 Å². The first kappa shape index (κ1) is 21.9. The van der Waals surface area contributed by atoms with E-state index < -0.39 is 13.1 Å². The fourth-order valence-corrected chi connectivity index (χ4v) is 4.62. The van der Waals surface area contributed by atoms with E-state index in [1.165, 1.54) is 0 Å². The van der Waals surface area contributed by atoms with Gasteiger partial charge in [0.05, 0.1) is 13.1 Å². The van der Waals surface area contributed by atoms with Crippen LogP contribution in [0.4, 0.5) is 0 Å². The fraction of sp³-hybridized carbons (Fsp3) is 0.619. The number of rotatable bonds is 7. The SMILES string of the molecule is CN(C)CC1C[C@@H](CC(=O)N2CC(Oc3ccc4c(c3C(=O)O)OB(O)CC4)C2)CN1. The van der Waals surface area contributed by atoms with E-state index in [0.29, 0.717) is 44.2 Å². The number of carboxylic acid groups (broad SMARTS) is 1. The number of hydrogen-bond acceptors (Lipinski definition) is 7. The molecule has 1 unspecified atom stereocenters. The van der Waals surface area contributed by atoms with Crippen LogP contribution in [0.5, 0.6) is 11.5 Å². The lowest BCUT2D eigenvalue weighted by Crippen LogP contribution is -2.56. The molecule has 168 valence electrons. The molecule has 2 fully saturated rings. The van der Waals surface area contributed by atoms with Crippen molar-refractivity contribution in [2.45, 2.75) is 37.7 Å². The van der Waals surface area contributed by atoms with Crippen LogP contribution in [0.15, 0.2) is 12.1 Å². The molecular weight excluding hydrogens is 401 g/mol. The zero-order chi connectivity index (χ0) is 22.1. The van der Waals surface area contributed by atoms with Gasteiger partial charge in [-0.25, -0.2) is 4.79 Å². The second-order valence-electron chi connectivity index (χ2n) is 9.06. The molecule has 3 aliphatic rings. The molecular formula is C21H30BN3O6. The van der Waals surface area contributed by atoms with Gasteiger partial charge in [-0.1, -0.05) is 6.07 Å². The number of nitrogens with zero attached hydrogens (tertiary/aromatic N) is 2. The van der Waals surface area contributed by atoms with Crippen molar-refractivity contribution in [2.24, 2.45) is 5.92 Å². The van der Waals surface area contributed by atoms with Crippen LogP contribution in [0.3, 0.4) is 0 Å². The predicted molar refractivity (Wildman–Crippen MR) is 115 cm³/mol.